The molecule has 0 saturated carbocycles. The summed E-state index contributed by atoms with van der Waals surface area (Å²) in [5.41, 5.74) is 1.30. The molecule has 1 aromatic heterocycles. The number of carboxylic acid groups (broad SMARTS) is 2. The SMILES string of the molecule is O=C(O)C(=O)O.OC1(c2cccc(Cl)c2Cl)C[C@H]2CC[C@@H](C1)N2Cc1csc2ccccc12. The van der Waals surface area contributed by atoms with Crippen LogP contribution in [-0.4, -0.2) is 44.2 Å². The van der Waals surface area contributed by atoms with Crippen molar-refractivity contribution in [3.8, 4) is 0 Å². The molecule has 33 heavy (non-hydrogen) atoms. The van der Waals surface area contributed by atoms with Crippen LogP contribution in [0.4, 0.5) is 0 Å². The third kappa shape index (κ3) is 4.88. The molecule has 0 spiro atoms. The van der Waals surface area contributed by atoms with Crippen molar-refractivity contribution in [3.63, 3.8) is 0 Å². The number of nitrogens with zero attached hydrogens (tertiary/aromatic N) is 1. The van der Waals surface area contributed by atoms with E-state index in [-0.39, 0.29) is 0 Å². The van der Waals surface area contributed by atoms with Crippen LogP contribution < -0.4 is 0 Å². The molecule has 3 N–H and O–H groups in total. The first kappa shape index (κ1) is 24.0. The monoisotopic (exact) mass is 507 g/mol. The molecule has 1 unspecified atom stereocenters. The number of benzene rings is 2. The highest BCUT2D eigenvalue weighted by Crippen LogP contribution is 2.49. The van der Waals surface area contributed by atoms with Gasteiger partial charge in [0.15, 0.2) is 0 Å². The minimum atomic E-state index is -1.82. The molecule has 5 rings (SSSR count). The Labute approximate surface area is 205 Å². The highest BCUT2D eigenvalue weighted by Gasteiger charge is 2.49. The van der Waals surface area contributed by atoms with E-state index < -0.39 is 17.5 Å². The van der Waals surface area contributed by atoms with Gasteiger partial charge in [0.1, 0.15) is 0 Å². The van der Waals surface area contributed by atoms with E-state index in [0.29, 0.717) is 35.0 Å². The van der Waals surface area contributed by atoms with Gasteiger partial charge in [-0.1, -0.05) is 53.5 Å². The maximum atomic E-state index is 11.5. The highest BCUT2D eigenvalue weighted by atomic mass is 35.5. The first-order valence-electron chi connectivity index (χ1n) is 10.5. The molecule has 174 valence electrons. The fourth-order valence-corrected chi connectivity index (χ4v) is 6.44. The van der Waals surface area contributed by atoms with Gasteiger partial charge in [-0.05, 0) is 54.1 Å². The largest absolute Gasteiger partial charge is 0.473 e. The van der Waals surface area contributed by atoms with Gasteiger partial charge >= 0.3 is 11.9 Å². The Bertz CT molecular complexity index is 1170. The molecular weight excluding hydrogens is 485 g/mol. The summed E-state index contributed by atoms with van der Waals surface area (Å²) in [5, 5.41) is 30.9. The van der Waals surface area contributed by atoms with E-state index in [1.54, 1.807) is 6.07 Å². The highest BCUT2D eigenvalue weighted by molar-refractivity contribution is 7.17. The average molecular weight is 508 g/mol. The van der Waals surface area contributed by atoms with Gasteiger partial charge in [-0.3, -0.25) is 4.90 Å². The smallest absolute Gasteiger partial charge is 0.414 e. The van der Waals surface area contributed by atoms with Gasteiger partial charge in [0, 0.05) is 28.9 Å². The normalized spacial score (nSPS) is 24.3. The van der Waals surface area contributed by atoms with Crippen LogP contribution >= 0.6 is 34.5 Å². The van der Waals surface area contributed by atoms with Crippen molar-refractivity contribution in [1.82, 2.24) is 4.90 Å². The molecule has 0 aliphatic carbocycles. The van der Waals surface area contributed by atoms with Crippen molar-refractivity contribution in [2.45, 2.75) is 49.9 Å². The van der Waals surface area contributed by atoms with Crippen LogP contribution in [0.25, 0.3) is 10.1 Å². The van der Waals surface area contributed by atoms with Crippen molar-refractivity contribution in [1.29, 1.82) is 0 Å². The van der Waals surface area contributed by atoms with E-state index in [1.807, 2.05) is 23.5 Å². The van der Waals surface area contributed by atoms with Crippen LogP contribution in [0, 0.1) is 0 Å². The van der Waals surface area contributed by atoms with Crippen LogP contribution in [-0.2, 0) is 21.7 Å². The number of carbonyl (C=O) groups is 2. The number of hydrogen-bond acceptors (Lipinski definition) is 5. The minimum absolute atomic E-state index is 0.377. The lowest BCUT2D eigenvalue weighted by Crippen LogP contribution is -2.49. The second-order valence-electron chi connectivity index (χ2n) is 8.47. The first-order chi connectivity index (χ1) is 15.7. The van der Waals surface area contributed by atoms with E-state index in [0.717, 1.165) is 24.9 Å². The topological polar surface area (TPSA) is 98.1 Å². The summed E-state index contributed by atoms with van der Waals surface area (Å²) in [4.78, 5) is 20.8. The molecule has 2 aromatic carbocycles. The maximum Gasteiger partial charge on any atom is 0.414 e. The van der Waals surface area contributed by atoms with E-state index >= 15 is 0 Å². The van der Waals surface area contributed by atoms with Gasteiger partial charge in [0.25, 0.3) is 0 Å². The van der Waals surface area contributed by atoms with E-state index in [2.05, 4.69) is 34.5 Å². The third-order valence-electron chi connectivity index (χ3n) is 6.47. The average Bonchev–Trinajstić information content (AvgIpc) is 3.29. The third-order valence-corrected chi connectivity index (χ3v) is 8.30. The molecule has 2 aliphatic rings. The molecule has 2 bridgehead atoms. The quantitative estimate of drug-likeness (QED) is 0.411. The van der Waals surface area contributed by atoms with Crippen molar-refractivity contribution >= 4 is 56.6 Å². The maximum absolute atomic E-state index is 11.5. The number of fused-ring (bicyclic) bond motifs is 3. The van der Waals surface area contributed by atoms with Crippen molar-refractivity contribution in [2.24, 2.45) is 0 Å². The van der Waals surface area contributed by atoms with Gasteiger partial charge < -0.3 is 15.3 Å². The van der Waals surface area contributed by atoms with Gasteiger partial charge in [0.05, 0.1) is 15.6 Å². The number of aliphatic hydroxyl groups is 1. The molecule has 2 saturated heterocycles. The van der Waals surface area contributed by atoms with E-state index in [1.165, 1.54) is 15.6 Å². The number of hydrogen-bond donors (Lipinski definition) is 3. The van der Waals surface area contributed by atoms with Crippen LogP contribution in [0.2, 0.25) is 10.0 Å². The number of carboxylic acids is 2. The zero-order valence-corrected chi connectivity index (χ0v) is 19.9. The lowest BCUT2D eigenvalue weighted by molar-refractivity contribution is -0.159. The molecule has 9 heteroatoms. The Morgan fingerprint density at radius 2 is 1.64 bits per heavy atom. The summed E-state index contributed by atoms with van der Waals surface area (Å²) in [6.07, 6.45) is 3.69. The second kappa shape index (κ2) is 9.60. The van der Waals surface area contributed by atoms with Crippen molar-refractivity contribution in [3.05, 3.63) is 69.0 Å². The molecule has 2 fully saturated rings. The van der Waals surface area contributed by atoms with Gasteiger partial charge in [-0.2, -0.15) is 0 Å². The Morgan fingerprint density at radius 1 is 1.00 bits per heavy atom. The molecule has 3 aromatic rings. The number of thiophene rings is 1. The molecule has 6 nitrogen and oxygen atoms in total. The van der Waals surface area contributed by atoms with Gasteiger partial charge in [-0.15, -0.1) is 11.3 Å². The summed E-state index contributed by atoms with van der Waals surface area (Å²) < 4.78 is 1.35. The number of rotatable bonds is 3. The van der Waals surface area contributed by atoms with E-state index in [4.69, 9.17) is 43.0 Å². The van der Waals surface area contributed by atoms with Gasteiger partial charge in [-0.25, -0.2) is 9.59 Å². The summed E-state index contributed by atoms with van der Waals surface area (Å²) >= 11 is 14.5. The predicted molar refractivity (Wildman–Crippen MR) is 129 cm³/mol. The standard InChI is InChI=1S/C22H21Cl2NOS.C2H2O4/c23-19-6-3-5-18(21(19)24)22(26)10-15-8-9-16(11-22)25(15)12-14-13-27-20-7-2-1-4-17(14)20;3-1(4)2(5)6/h1-7,13,15-16,26H,8-12H2;(H,3,4)(H,5,6)/t15-,16+,22?;. The predicted octanol–water partition coefficient (Wildman–Crippen LogP) is 5.38. The summed E-state index contributed by atoms with van der Waals surface area (Å²) in [6.45, 7) is 0.957. The van der Waals surface area contributed by atoms with Crippen molar-refractivity contribution < 1.29 is 24.9 Å². The Morgan fingerprint density at radius 3 is 2.27 bits per heavy atom. The Hall–Kier alpha value is -2.16. The number of halogens is 2. The Balaban J connectivity index is 0.000000385. The molecule has 0 amide bonds. The van der Waals surface area contributed by atoms with Crippen LogP contribution in [0.1, 0.15) is 36.8 Å². The zero-order valence-electron chi connectivity index (χ0n) is 17.6. The summed E-state index contributed by atoms with van der Waals surface area (Å²) in [5.74, 6) is -3.65. The number of aliphatic carboxylic acids is 2. The molecule has 3 atom stereocenters. The summed E-state index contributed by atoms with van der Waals surface area (Å²) in [6, 6.07) is 15.0. The number of piperidine rings is 1. The Kier molecular flexibility index (Phi) is 6.98. The van der Waals surface area contributed by atoms with Crippen LogP contribution in [0.5, 0.6) is 0 Å². The fourth-order valence-electron chi connectivity index (χ4n) is 5.01. The van der Waals surface area contributed by atoms with Crippen LogP contribution in [0.3, 0.4) is 0 Å². The minimum Gasteiger partial charge on any atom is -0.473 e. The zero-order chi connectivity index (χ0) is 23.8. The van der Waals surface area contributed by atoms with Gasteiger partial charge in [0.2, 0.25) is 0 Å². The lowest BCUT2D eigenvalue weighted by atomic mass is 9.80. The first-order valence-corrected chi connectivity index (χ1v) is 12.2. The summed E-state index contributed by atoms with van der Waals surface area (Å²) in [7, 11) is 0. The molecule has 2 aliphatic heterocycles. The fraction of sp³-hybridized carbons (Fsp3) is 0.333. The molecular formula is C24H23Cl2NO5S. The molecule has 0 radical (unpaired) electrons. The van der Waals surface area contributed by atoms with Crippen LogP contribution in [0.15, 0.2) is 47.8 Å². The second-order valence-corrected chi connectivity index (χ2v) is 10.2. The van der Waals surface area contributed by atoms with E-state index in [9.17, 15) is 5.11 Å². The molecule has 3 heterocycles. The van der Waals surface area contributed by atoms with Crippen molar-refractivity contribution in [2.75, 3.05) is 0 Å². The lowest BCUT2D eigenvalue weighted by Gasteiger charge is -2.44.